The third kappa shape index (κ3) is 2.94. The highest BCUT2D eigenvalue weighted by Gasteiger charge is 2.23. The first-order valence-corrected chi connectivity index (χ1v) is 5.88. The Bertz CT molecular complexity index is 347. The largest absolute Gasteiger partial charge is 0.391 e. The van der Waals surface area contributed by atoms with Crippen molar-refractivity contribution in [3.63, 3.8) is 0 Å². The molecule has 2 nitrogen and oxygen atoms in total. The smallest absolute Gasteiger partial charge is 0.0730 e. The van der Waals surface area contributed by atoms with Gasteiger partial charge in [0.2, 0.25) is 0 Å². The molecule has 2 N–H and O–H groups in total. The topological polar surface area (TPSA) is 32.3 Å². The van der Waals surface area contributed by atoms with Crippen LogP contribution in [0.4, 0.5) is 0 Å². The van der Waals surface area contributed by atoms with Crippen LogP contribution in [0.1, 0.15) is 24.8 Å². The van der Waals surface area contributed by atoms with Crippen molar-refractivity contribution in [1.29, 1.82) is 0 Å². The predicted octanol–water partition coefficient (Wildman–Crippen LogP) is 2.25. The molecule has 0 aliphatic heterocycles. The van der Waals surface area contributed by atoms with Gasteiger partial charge >= 0.3 is 0 Å². The molecule has 86 valence electrons. The van der Waals surface area contributed by atoms with Gasteiger partial charge in [-0.1, -0.05) is 42.5 Å². The molecule has 0 radical (unpaired) electrons. The second-order valence-corrected chi connectivity index (χ2v) is 4.53. The second kappa shape index (κ2) is 5.28. The third-order valence-electron chi connectivity index (χ3n) is 3.18. The van der Waals surface area contributed by atoms with Crippen LogP contribution in [0.2, 0.25) is 0 Å². The van der Waals surface area contributed by atoms with E-state index in [1.54, 1.807) is 0 Å². The predicted molar refractivity (Wildman–Crippen MR) is 66.1 cm³/mol. The molecule has 16 heavy (non-hydrogen) atoms. The first-order valence-electron chi connectivity index (χ1n) is 5.88. The minimum absolute atomic E-state index is 0.214. The quantitative estimate of drug-likeness (QED) is 0.761. The maximum Gasteiger partial charge on any atom is 0.0730 e. The van der Waals surface area contributed by atoms with E-state index in [4.69, 9.17) is 0 Å². The van der Waals surface area contributed by atoms with Crippen LogP contribution in [0, 0.1) is 0 Å². The highest BCUT2D eigenvalue weighted by molar-refractivity contribution is 5.14. The first kappa shape index (κ1) is 11.4. The molecule has 1 fully saturated rings. The van der Waals surface area contributed by atoms with Crippen molar-refractivity contribution in [2.45, 2.75) is 38.0 Å². The summed E-state index contributed by atoms with van der Waals surface area (Å²) >= 11 is 0. The zero-order chi connectivity index (χ0) is 11.4. The van der Waals surface area contributed by atoms with E-state index in [2.05, 4.69) is 24.0 Å². The molecular formula is C14H19NO. The van der Waals surface area contributed by atoms with Gasteiger partial charge in [0.25, 0.3) is 0 Å². The summed E-state index contributed by atoms with van der Waals surface area (Å²) in [5.41, 5.74) is 2.43. The molecule has 0 amide bonds. The summed E-state index contributed by atoms with van der Waals surface area (Å²) in [6, 6.07) is 10.5. The van der Waals surface area contributed by atoms with Gasteiger partial charge in [0.05, 0.1) is 6.10 Å². The van der Waals surface area contributed by atoms with E-state index in [0.717, 1.165) is 25.8 Å². The van der Waals surface area contributed by atoms with E-state index in [1.165, 1.54) is 11.1 Å². The van der Waals surface area contributed by atoms with Gasteiger partial charge in [0, 0.05) is 12.6 Å². The summed E-state index contributed by atoms with van der Waals surface area (Å²) in [6.45, 7) is 4.76. The van der Waals surface area contributed by atoms with Crippen molar-refractivity contribution < 1.29 is 5.11 Å². The lowest BCUT2D eigenvalue weighted by atomic mass is 9.89. The van der Waals surface area contributed by atoms with Crippen molar-refractivity contribution >= 4 is 0 Å². The number of nitrogens with one attached hydrogen (secondary N) is 1. The molecule has 2 atom stereocenters. The summed E-state index contributed by atoms with van der Waals surface area (Å²) in [7, 11) is 0. The van der Waals surface area contributed by atoms with Gasteiger partial charge in [-0.05, 0) is 24.8 Å². The third-order valence-corrected chi connectivity index (χ3v) is 3.18. The number of aliphatic hydroxyl groups is 1. The van der Waals surface area contributed by atoms with Crippen LogP contribution < -0.4 is 5.32 Å². The van der Waals surface area contributed by atoms with E-state index >= 15 is 0 Å². The maximum absolute atomic E-state index is 9.89. The molecule has 0 spiro atoms. The molecule has 1 aromatic carbocycles. The minimum atomic E-state index is -0.273. The van der Waals surface area contributed by atoms with Crippen molar-refractivity contribution in [3.8, 4) is 0 Å². The van der Waals surface area contributed by atoms with Crippen LogP contribution in [0.3, 0.4) is 0 Å². The van der Waals surface area contributed by atoms with Gasteiger partial charge in [0.15, 0.2) is 0 Å². The summed E-state index contributed by atoms with van der Waals surface area (Å²) in [5.74, 6) is 0. The molecule has 1 aromatic rings. The van der Waals surface area contributed by atoms with E-state index in [0.29, 0.717) is 0 Å². The van der Waals surface area contributed by atoms with Crippen LogP contribution in [0.25, 0.3) is 0 Å². The number of rotatable bonds is 3. The average molecular weight is 217 g/mol. The zero-order valence-electron chi connectivity index (χ0n) is 9.52. The lowest BCUT2D eigenvalue weighted by Gasteiger charge is -2.29. The van der Waals surface area contributed by atoms with Gasteiger partial charge in [-0.15, -0.1) is 0 Å². The standard InChI is InChI=1S/C14H19NO/c1-11-7-8-13(14(16)9-11)15-10-12-5-3-2-4-6-12/h2-6,13-16H,1,7-10H2/t13-,14-/m0/s1. The van der Waals surface area contributed by atoms with Gasteiger partial charge in [0.1, 0.15) is 0 Å². The van der Waals surface area contributed by atoms with E-state index in [9.17, 15) is 5.11 Å². The van der Waals surface area contributed by atoms with Crippen molar-refractivity contribution in [3.05, 3.63) is 48.0 Å². The Labute approximate surface area is 97.0 Å². The molecule has 1 saturated carbocycles. The molecule has 0 bridgehead atoms. The molecule has 0 heterocycles. The van der Waals surface area contributed by atoms with Gasteiger partial charge in [-0.3, -0.25) is 0 Å². The zero-order valence-corrected chi connectivity index (χ0v) is 9.52. The Balaban J connectivity index is 1.84. The number of benzene rings is 1. The highest BCUT2D eigenvalue weighted by atomic mass is 16.3. The number of hydrogen-bond acceptors (Lipinski definition) is 2. The number of hydrogen-bond donors (Lipinski definition) is 2. The molecular weight excluding hydrogens is 198 g/mol. The monoisotopic (exact) mass is 217 g/mol. The first-order chi connectivity index (χ1) is 7.75. The molecule has 0 saturated heterocycles. The summed E-state index contributed by atoms with van der Waals surface area (Å²) in [4.78, 5) is 0. The fourth-order valence-electron chi connectivity index (χ4n) is 2.18. The van der Waals surface area contributed by atoms with E-state index in [-0.39, 0.29) is 12.1 Å². The highest BCUT2D eigenvalue weighted by Crippen LogP contribution is 2.22. The second-order valence-electron chi connectivity index (χ2n) is 4.53. The Hall–Kier alpha value is -1.12. The Morgan fingerprint density at radius 2 is 2.06 bits per heavy atom. The maximum atomic E-state index is 9.89. The molecule has 1 aliphatic rings. The van der Waals surface area contributed by atoms with Gasteiger partial charge < -0.3 is 10.4 Å². The van der Waals surface area contributed by atoms with Crippen LogP contribution in [-0.4, -0.2) is 17.3 Å². The fourth-order valence-corrected chi connectivity index (χ4v) is 2.18. The van der Waals surface area contributed by atoms with Crippen molar-refractivity contribution in [1.82, 2.24) is 5.32 Å². The normalized spacial score (nSPS) is 25.7. The van der Waals surface area contributed by atoms with Crippen molar-refractivity contribution in [2.75, 3.05) is 0 Å². The Kier molecular flexibility index (Phi) is 3.75. The molecule has 0 unspecified atom stereocenters. The van der Waals surface area contributed by atoms with Crippen LogP contribution >= 0.6 is 0 Å². The number of aliphatic hydroxyl groups excluding tert-OH is 1. The van der Waals surface area contributed by atoms with Crippen molar-refractivity contribution in [2.24, 2.45) is 0 Å². The molecule has 0 aromatic heterocycles. The summed E-state index contributed by atoms with van der Waals surface area (Å²) in [6.07, 6.45) is 2.49. The van der Waals surface area contributed by atoms with Gasteiger partial charge in [-0.25, -0.2) is 0 Å². The van der Waals surface area contributed by atoms with Gasteiger partial charge in [-0.2, -0.15) is 0 Å². The lowest BCUT2D eigenvalue weighted by Crippen LogP contribution is -2.42. The summed E-state index contributed by atoms with van der Waals surface area (Å²) < 4.78 is 0. The Morgan fingerprint density at radius 1 is 1.31 bits per heavy atom. The molecule has 2 rings (SSSR count). The van der Waals surface area contributed by atoms with Crippen LogP contribution in [-0.2, 0) is 6.54 Å². The van der Waals surface area contributed by atoms with E-state index in [1.807, 2.05) is 18.2 Å². The fraction of sp³-hybridized carbons (Fsp3) is 0.429. The average Bonchev–Trinajstić information content (AvgIpc) is 2.29. The van der Waals surface area contributed by atoms with E-state index < -0.39 is 0 Å². The SMILES string of the molecule is C=C1CC[C@H](NCc2ccccc2)[C@@H](O)C1. The Morgan fingerprint density at radius 3 is 2.75 bits per heavy atom. The summed E-state index contributed by atoms with van der Waals surface area (Å²) in [5, 5.41) is 13.3. The lowest BCUT2D eigenvalue weighted by molar-refractivity contribution is 0.108. The van der Waals surface area contributed by atoms with Crippen LogP contribution in [0.15, 0.2) is 42.5 Å². The minimum Gasteiger partial charge on any atom is -0.391 e. The molecule has 2 heteroatoms. The van der Waals surface area contributed by atoms with Crippen LogP contribution in [0.5, 0.6) is 0 Å². The molecule has 1 aliphatic carbocycles.